The Morgan fingerprint density at radius 3 is 2.75 bits per heavy atom. The highest BCUT2D eigenvalue weighted by atomic mass is 16.5. The van der Waals surface area contributed by atoms with Gasteiger partial charge in [-0.1, -0.05) is 24.9 Å². The molecule has 0 radical (unpaired) electrons. The lowest BCUT2D eigenvalue weighted by molar-refractivity contribution is 0.275. The Morgan fingerprint density at radius 2 is 2.12 bits per heavy atom. The van der Waals surface area contributed by atoms with E-state index in [1.165, 1.54) is 25.7 Å². The van der Waals surface area contributed by atoms with Gasteiger partial charge in [0.2, 0.25) is 5.89 Å². The van der Waals surface area contributed by atoms with Crippen molar-refractivity contribution in [3.05, 3.63) is 11.7 Å². The molecule has 16 heavy (non-hydrogen) atoms. The van der Waals surface area contributed by atoms with Crippen LogP contribution in [0.5, 0.6) is 0 Å². The van der Waals surface area contributed by atoms with Crippen LogP contribution in [-0.4, -0.2) is 10.1 Å². The van der Waals surface area contributed by atoms with Crippen LogP contribution < -0.4 is 5.73 Å². The maximum absolute atomic E-state index is 6.37. The van der Waals surface area contributed by atoms with E-state index in [2.05, 4.69) is 17.1 Å². The fraction of sp³-hybridized carbons (Fsp3) is 0.833. The van der Waals surface area contributed by atoms with E-state index in [1.54, 1.807) is 0 Å². The molecule has 4 heteroatoms. The first-order valence-electron chi connectivity index (χ1n) is 6.26. The fourth-order valence-corrected chi connectivity index (χ4v) is 2.50. The maximum Gasteiger partial charge on any atom is 0.226 e. The van der Waals surface area contributed by atoms with Crippen molar-refractivity contribution in [2.24, 2.45) is 11.7 Å². The summed E-state index contributed by atoms with van der Waals surface area (Å²) in [5.41, 5.74) is 5.94. The molecule has 1 saturated carbocycles. The molecule has 0 aliphatic heterocycles. The van der Waals surface area contributed by atoms with Gasteiger partial charge >= 0.3 is 0 Å². The molecule has 0 amide bonds. The summed E-state index contributed by atoms with van der Waals surface area (Å²) < 4.78 is 5.21. The van der Waals surface area contributed by atoms with Crippen LogP contribution in [-0.2, 0) is 12.0 Å². The first-order chi connectivity index (χ1) is 7.64. The Labute approximate surface area is 96.6 Å². The summed E-state index contributed by atoms with van der Waals surface area (Å²) in [5.74, 6) is 1.90. The van der Waals surface area contributed by atoms with Crippen molar-refractivity contribution >= 4 is 0 Å². The van der Waals surface area contributed by atoms with Gasteiger partial charge in [0.15, 0.2) is 5.82 Å². The fourth-order valence-electron chi connectivity index (χ4n) is 2.50. The highest BCUT2D eigenvalue weighted by Crippen LogP contribution is 2.37. The molecule has 0 spiro atoms. The van der Waals surface area contributed by atoms with E-state index in [4.69, 9.17) is 10.3 Å². The molecule has 1 atom stereocenters. The summed E-state index contributed by atoms with van der Waals surface area (Å²) in [7, 11) is 0. The second kappa shape index (κ2) is 4.53. The highest BCUT2D eigenvalue weighted by molar-refractivity contribution is 5.05. The summed E-state index contributed by atoms with van der Waals surface area (Å²) in [6.45, 7) is 4.13. The van der Waals surface area contributed by atoms with Gasteiger partial charge in [-0.25, -0.2) is 0 Å². The zero-order valence-corrected chi connectivity index (χ0v) is 10.2. The van der Waals surface area contributed by atoms with Crippen LogP contribution in [0.4, 0.5) is 0 Å². The number of rotatable bonds is 4. The second-order valence-electron chi connectivity index (χ2n) is 5.03. The third-order valence-electron chi connectivity index (χ3n) is 3.62. The molecule has 2 N–H and O–H groups in total. The average molecular weight is 223 g/mol. The SMILES string of the molecule is CCCc1nc(C(C)(N)C2CCCC2)no1. The van der Waals surface area contributed by atoms with Gasteiger partial charge in [-0.3, -0.25) is 0 Å². The van der Waals surface area contributed by atoms with E-state index >= 15 is 0 Å². The average Bonchev–Trinajstić information content (AvgIpc) is 2.88. The van der Waals surface area contributed by atoms with Gasteiger partial charge in [0.1, 0.15) is 0 Å². The van der Waals surface area contributed by atoms with Gasteiger partial charge in [-0.05, 0) is 32.1 Å². The molecule has 1 aliphatic carbocycles. The van der Waals surface area contributed by atoms with E-state index in [1.807, 2.05) is 6.92 Å². The van der Waals surface area contributed by atoms with Gasteiger partial charge in [0, 0.05) is 6.42 Å². The summed E-state index contributed by atoms with van der Waals surface area (Å²) in [5, 5.41) is 4.04. The third-order valence-corrected chi connectivity index (χ3v) is 3.62. The van der Waals surface area contributed by atoms with Crippen LogP contribution in [0.2, 0.25) is 0 Å². The molecular formula is C12H21N3O. The first kappa shape index (κ1) is 11.6. The van der Waals surface area contributed by atoms with Crippen molar-refractivity contribution in [1.29, 1.82) is 0 Å². The minimum Gasteiger partial charge on any atom is -0.339 e. The van der Waals surface area contributed by atoms with Crippen molar-refractivity contribution in [3.8, 4) is 0 Å². The molecule has 4 nitrogen and oxygen atoms in total. The van der Waals surface area contributed by atoms with Crippen LogP contribution in [0, 0.1) is 5.92 Å². The predicted octanol–water partition coefficient (Wildman–Crippen LogP) is 2.39. The van der Waals surface area contributed by atoms with E-state index in [0.717, 1.165) is 12.8 Å². The molecule has 1 fully saturated rings. The molecular weight excluding hydrogens is 202 g/mol. The van der Waals surface area contributed by atoms with E-state index in [9.17, 15) is 0 Å². The minimum atomic E-state index is -0.425. The van der Waals surface area contributed by atoms with Crippen LogP contribution in [0.3, 0.4) is 0 Å². The van der Waals surface area contributed by atoms with Crippen molar-refractivity contribution in [2.45, 2.75) is 57.9 Å². The Balaban J connectivity index is 2.14. The molecule has 0 saturated heterocycles. The minimum absolute atomic E-state index is 0.425. The maximum atomic E-state index is 6.37. The molecule has 1 heterocycles. The molecule has 0 aromatic carbocycles. The lowest BCUT2D eigenvalue weighted by Crippen LogP contribution is -2.41. The smallest absolute Gasteiger partial charge is 0.226 e. The number of aryl methyl sites for hydroxylation is 1. The van der Waals surface area contributed by atoms with Crippen LogP contribution >= 0.6 is 0 Å². The number of aromatic nitrogens is 2. The molecule has 2 rings (SSSR count). The normalized spacial score (nSPS) is 21.2. The largest absolute Gasteiger partial charge is 0.339 e. The highest BCUT2D eigenvalue weighted by Gasteiger charge is 2.37. The third kappa shape index (κ3) is 2.12. The van der Waals surface area contributed by atoms with Gasteiger partial charge < -0.3 is 10.3 Å². The van der Waals surface area contributed by atoms with Crippen molar-refractivity contribution < 1.29 is 4.52 Å². The zero-order valence-electron chi connectivity index (χ0n) is 10.2. The van der Waals surface area contributed by atoms with Gasteiger partial charge in [-0.2, -0.15) is 4.98 Å². The Hall–Kier alpha value is -0.900. The lowest BCUT2D eigenvalue weighted by atomic mass is 9.84. The Kier molecular flexibility index (Phi) is 3.28. The molecule has 1 aromatic heterocycles. The van der Waals surface area contributed by atoms with E-state index in [0.29, 0.717) is 17.6 Å². The van der Waals surface area contributed by atoms with Crippen LogP contribution in [0.25, 0.3) is 0 Å². The summed E-state index contributed by atoms with van der Waals surface area (Å²) in [4.78, 5) is 4.41. The summed E-state index contributed by atoms with van der Waals surface area (Å²) in [6, 6.07) is 0. The monoisotopic (exact) mass is 223 g/mol. The topological polar surface area (TPSA) is 64.9 Å². The summed E-state index contributed by atoms with van der Waals surface area (Å²) >= 11 is 0. The van der Waals surface area contributed by atoms with Crippen LogP contribution in [0.1, 0.15) is 57.7 Å². The Bertz CT molecular complexity index is 340. The van der Waals surface area contributed by atoms with Crippen molar-refractivity contribution in [1.82, 2.24) is 10.1 Å². The number of nitrogens with two attached hydrogens (primary N) is 1. The first-order valence-corrected chi connectivity index (χ1v) is 6.26. The standard InChI is InChI=1S/C12H21N3O/c1-3-6-10-14-11(15-16-10)12(2,13)9-7-4-5-8-9/h9H,3-8,13H2,1-2H3. The van der Waals surface area contributed by atoms with Gasteiger partial charge in [0.25, 0.3) is 0 Å². The van der Waals surface area contributed by atoms with Crippen molar-refractivity contribution in [2.75, 3.05) is 0 Å². The number of nitrogens with zero attached hydrogens (tertiary/aromatic N) is 2. The van der Waals surface area contributed by atoms with E-state index in [-0.39, 0.29) is 0 Å². The summed E-state index contributed by atoms with van der Waals surface area (Å²) in [6.07, 6.45) is 6.78. The molecule has 1 unspecified atom stereocenters. The molecule has 1 aliphatic rings. The molecule has 90 valence electrons. The number of hydrogen-bond acceptors (Lipinski definition) is 4. The van der Waals surface area contributed by atoms with Gasteiger partial charge in [0.05, 0.1) is 5.54 Å². The van der Waals surface area contributed by atoms with Gasteiger partial charge in [-0.15, -0.1) is 0 Å². The Morgan fingerprint density at radius 1 is 1.44 bits per heavy atom. The molecule has 1 aromatic rings. The zero-order chi connectivity index (χ0) is 11.6. The van der Waals surface area contributed by atoms with E-state index < -0.39 is 5.54 Å². The second-order valence-corrected chi connectivity index (χ2v) is 5.03. The number of hydrogen-bond donors (Lipinski definition) is 1. The molecule has 0 bridgehead atoms. The van der Waals surface area contributed by atoms with Crippen LogP contribution in [0.15, 0.2) is 4.52 Å². The quantitative estimate of drug-likeness (QED) is 0.851. The lowest BCUT2D eigenvalue weighted by Gasteiger charge is -2.27. The van der Waals surface area contributed by atoms with Crippen molar-refractivity contribution in [3.63, 3.8) is 0 Å². The predicted molar refractivity (Wildman–Crippen MR) is 61.8 cm³/mol.